The summed E-state index contributed by atoms with van der Waals surface area (Å²) in [5, 5.41) is 0. The Labute approximate surface area is 121 Å². The normalized spacial score (nSPS) is 15.4. The first kappa shape index (κ1) is 17.3. The van der Waals surface area contributed by atoms with Gasteiger partial charge >= 0.3 is 12.3 Å². The first-order valence-corrected chi connectivity index (χ1v) is 6.31. The van der Waals surface area contributed by atoms with Crippen molar-refractivity contribution in [3.63, 3.8) is 0 Å². The second-order valence-corrected chi connectivity index (χ2v) is 5.75. The highest BCUT2D eigenvalue weighted by Crippen LogP contribution is 2.46. The number of benzene rings is 1. The summed E-state index contributed by atoms with van der Waals surface area (Å²) in [6.07, 6.45) is -5.77. The zero-order chi connectivity index (χ0) is 16.5. The van der Waals surface area contributed by atoms with Crippen molar-refractivity contribution in [3.8, 4) is 0 Å². The van der Waals surface area contributed by atoms with E-state index < -0.39 is 28.8 Å². The van der Waals surface area contributed by atoms with Crippen molar-refractivity contribution in [1.29, 1.82) is 0 Å². The van der Waals surface area contributed by atoms with E-state index in [-0.39, 0.29) is 12.1 Å². The maximum Gasteiger partial charge on any atom is 0.416 e. The van der Waals surface area contributed by atoms with Gasteiger partial charge in [-0.05, 0) is 6.07 Å². The molecule has 0 aromatic heterocycles. The lowest BCUT2D eigenvalue weighted by Crippen LogP contribution is -2.51. The van der Waals surface area contributed by atoms with Gasteiger partial charge < -0.3 is 16.2 Å². The fourth-order valence-electron chi connectivity index (χ4n) is 2.32. The van der Waals surface area contributed by atoms with Crippen LogP contribution in [0.25, 0.3) is 0 Å². The number of nitrogens with two attached hydrogens (primary N) is 2. The van der Waals surface area contributed by atoms with E-state index in [1.165, 1.54) is 18.2 Å². The van der Waals surface area contributed by atoms with Crippen LogP contribution >= 0.6 is 0 Å². The Morgan fingerprint density at radius 1 is 1.14 bits per heavy atom. The van der Waals surface area contributed by atoms with Crippen molar-refractivity contribution >= 4 is 6.09 Å². The summed E-state index contributed by atoms with van der Waals surface area (Å²) in [7, 11) is 0. The topological polar surface area (TPSA) is 78.3 Å². The molecule has 4 nitrogen and oxygen atoms in total. The molecule has 1 aromatic rings. The molecule has 1 rings (SSSR count). The van der Waals surface area contributed by atoms with Crippen LogP contribution < -0.4 is 11.5 Å². The monoisotopic (exact) mass is 304 g/mol. The van der Waals surface area contributed by atoms with Gasteiger partial charge in [0, 0.05) is 17.5 Å². The van der Waals surface area contributed by atoms with E-state index in [1.54, 1.807) is 20.8 Å². The number of carbonyl (C=O) groups is 1. The van der Waals surface area contributed by atoms with Crippen LogP contribution in [0.1, 0.15) is 31.9 Å². The van der Waals surface area contributed by atoms with Crippen molar-refractivity contribution in [2.24, 2.45) is 16.9 Å². The van der Waals surface area contributed by atoms with E-state index in [0.29, 0.717) is 0 Å². The molecular formula is C14H19F3N2O2. The largest absolute Gasteiger partial charge is 0.436 e. The Kier molecular flexibility index (Phi) is 4.57. The molecule has 0 bridgehead atoms. The molecule has 0 saturated carbocycles. The molecule has 1 aromatic carbocycles. The van der Waals surface area contributed by atoms with Crippen molar-refractivity contribution < 1.29 is 22.7 Å². The minimum atomic E-state index is -4.59. The van der Waals surface area contributed by atoms with E-state index in [9.17, 15) is 18.0 Å². The lowest BCUT2D eigenvalue weighted by Gasteiger charge is -2.44. The Balaban J connectivity index is 3.66. The number of primary amides is 1. The highest BCUT2D eigenvalue weighted by atomic mass is 19.4. The quantitative estimate of drug-likeness (QED) is 0.901. The molecule has 1 amide bonds. The zero-order valence-corrected chi connectivity index (χ0v) is 12.1. The number of alkyl halides is 3. The molecule has 21 heavy (non-hydrogen) atoms. The average Bonchev–Trinajstić information content (AvgIpc) is 2.33. The Hall–Kier alpha value is -1.76. The molecular weight excluding hydrogens is 285 g/mol. The number of hydrogen-bond donors (Lipinski definition) is 2. The van der Waals surface area contributed by atoms with Crippen LogP contribution in [0, 0.1) is 5.41 Å². The smallest absolute Gasteiger partial charge is 0.416 e. The first-order chi connectivity index (χ1) is 9.45. The summed E-state index contributed by atoms with van der Waals surface area (Å²) in [6, 6.07) is 4.88. The molecule has 0 radical (unpaired) electrons. The molecule has 0 spiro atoms. The number of rotatable bonds is 3. The number of carbonyl (C=O) groups excluding carboxylic acids is 1. The summed E-state index contributed by atoms with van der Waals surface area (Å²) >= 11 is 0. The number of halogens is 3. The van der Waals surface area contributed by atoms with Crippen LogP contribution in [0.3, 0.4) is 0 Å². The standard InChI is InChI=1S/C14H19F3N2O2/c1-12(2,3)13(8-18,21-11(19)20)9-6-4-5-7-10(9)14(15,16)17/h4-7H,8,18H2,1-3H3,(H2,19,20). The highest BCUT2D eigenvalue weighted by Gasteiger charge is 2.50. The van der Waals surface area contributed by atoms with E-state index in [0.717, 1.165) is 6.07 Å². The van der Waals surface area contributed by atoms with Gasteiger partial charge in [-0.1, -0.05) is 39.0 Å². The summed E-state index contributed by atoms with van der Waals surface area (Å²) in [6.45, 7) is 4.58. The van der Waals surface area contributed by atoms with Crippen LogP contribution in [0.5, 0.6) is 0 Å². The number of amides is 1. The molecule has 4 N–H and O–H groups in total. The fourth-order valence-corrected chi connectivity index (χ4v) is 2.32. The average molecular weight is 304 g/mol. The lowest BCUT2D eigenvalue weighted by molar-refractivity contribution is -0.143. The van der Waals surface area contributed by atoms with Gasteiger partial charge in [-0.3, -0.25) is 0 Å². The Morgan fingerprint density at radius 3 is 1.95 bits per heavy atom. The van der Waals surface area contributed by atoms with Crippen LogP contribution in [0.4, 0.5) is 18.0 Å². The predicted octanol–water partition coefficient (Wildman–Crippen LogP) is 3.00. The fraction of sp³-hybridized carbons (Fsp3) is 0.500. The summed E-state index contributed by atoms with van der Waals surface area (Å²) in [5.41, 5.74) is 7.07. The van der Waals surface area contributed by atoms with Gasteiger partial charge in [0.25, 0.3) is 0 Å². The van der Waals surface area contributed by atoms with Crippen molar-refractivity contribution in [2.45, 2.75) is 32.5 Å². The van der Waals surface area contributed by atoms with Gasteiger partial charge in [0.15, 0.2) is 5.60 Å². The lowest BCUT2D eigenvalue weighted by atomic mass is 9.70. The third-order valence-corrected chi connectivity index (χ3v) is 3.44. The summed E-state index contributed by atoms with van der Waals surface area (Å²) in [4.78, 5) is 11.2. The van der Waals surface area contributed by atoms with E-state index in [1.807, 2.05) is 0 Å². The van der Waals surface area contributed by atoms with Gasteiger partial charge in [0.2, 0.25) is 0 Å². The molecule has 0 aliphatic heterocycles. The van der Waals surface area contributed by atoms with Gasteiger partial charge in [-0.2, -0.15) is 13.2 Å². The Morgan fingerprint density at radius 2 is 1.62 bits per heavy atom. The summed E-state index contributed by atoms with van der Waals surface area (Å²) in [5.74, 6) is 0. The van der Waals surface area contributed by atoms with Gasteiger partial charge in [0.1, 0.15) is 0 Å². The van der Waals surface area contributed by atoms with Crippen LogP contribution in [-0.2, 0) is 16.5 Å². The second-order valence-electron chi connectivity index (χ2n) is 5.75. The first-order valence-electron chi connectivity index (χ1n) is 6.31. The maximum atomic E-state index is 13.2. The molecule has 1 unspecified atom stereocenters. The van der Waals surface area contributed by atoms with Gasteiger partial charge in [0.05, 0.1) is 5.56 Å². The second kappa shape index (κ2) is 5.55. The minimum absolute atomic E-state index is 0.202. The minimum Gasteiger partial charge on any atom is -0.436 e. The molecule has 0 saturated heterocycles. The van der Waals surface area contributed by atoms with Gasteiger partial charge in [-0.15, -0.1) is 0 Å². The highest BCUT2D eigenvalue weighted by molar-refractivity contribution is 5.66. The SMILES string of the molecule is CC(C)(C)C(CN)(OC(N)=O)c1ccccc1C(F)(F)F. The zero-order valence-electron chi connectivity index (χ0n) is 12.1. The molecule has 0 heterocycles. The number of hydrogen-bond acceptors (Lipinski definition) is 3. The Bertz CT molecular complexity index is 524. The van der Waals surface area contributed by atoms with E-state index >= 15 is 0 Å². The molecule has 1 atom stereocenters. The van der Waals surface area contributed by atoms with Crippen LogP contribution in [-0.4, -0.2) is 12.6 Å². The summed E-state index contributed by atoms with van der Waals surface area (Å²) < 4.78 is 44.8. The van der Waals surface area contributed by atoms with Crippen LogP contribution in [0.15, 0.2) is 24.3 Å². The molecule has 118 valence electrons. The molecule has 0 aliphatic carbocycles. The van der Waals surface area contributed by atoms with Gasteiger partial charge in [-0.25, -0.2) is 4.79 Å². The molecule has 7 heteroatoms. The number of ether oxygens (including phenoxy) is 1. The van der Waals surface area contributed by atoms with E-state index in [2.05, 4.69) is 0 Å². The van der Waals surface area contributed by atoms with Crippen molar-refractivity contribution in [2.75, 3.05) is 6.54 Å². The molecule has 0 aliphatic rings. The third kappa shape index (κ3) is 3.29. The van der Waals surface area contributed by atoms with Crippen molar-refractivity contribution in [3.05, 3.63) is 35.4 Å². The van der Waals surface area contributed by atoms with E-state index in [4.69, 9.17) is 16.2 Å². The molecule has 0 fully saturated rings. The third-order valence-electron chi connectivity index (χ3n) is 3.44. The van der Waals surface area contributed by atoms with Crippen LogP contribution in [0.2, 0.25) is 0 Å². The van der Waals surface area contributed by atoms with Crippen molar-refractivity contribution in [1.82, 2.24) is 0 Å². The predicted molar refractivity (Wildman–Crippen MR) is 72.3 cm³/mol. The maximum absolute atomic E-state index is 13.2.